The Labute approximate surface area is 161 Å². The minimum Gasteiger partial charge on any atom is -0.497 e. The zero-order chi connectivity index (χ0) is 19.9. The Bertz CT molecular complexity index is 920. The molecule has 0 aliphatic rings. The van der Waals surface area contributed by atoms with E-state index in [0.717, 1.165) is 0 Å². The van der Waals surface area contributed by atoms with Crippen molar-refractivity contribution in [3.8, 4) is 11.5 Å². The molecule has 1 aromatic heterocycles. The average molecular weight is 382 g/mol. The second-order valence-corrected chi connectivity index (χ2v) is 5.80. The van der Waals surface area contributed by atoms with Crippen molar-refractivity contribution in [2.75, 3.05) is 18.6 Å². The molecule has 8 nitrogen and oxygen atoms in total. The minimum absolute atomic E-state index is 0.0450. The van der Waals surface area contributed by atoms with Crippen LogP contribution in [0.5, 0.6) is 11.5 Å². The van der Waals surface area contributed by atoms with Gasteiger partial charge in [0.05, 0.1) is 24.8 Å². The Morgan fingerprint density at radius 2 is 1.75 bits per heavy atom. The van der Waals surface area contributed by atoms with E-state index in [0.29, 0.717) is 22.9 Å². The van der Waals surface area contributed by atoms with Crippen LogP contribution in [0, 0.1) is 10.1 Å². The molecule has 0 saturated heterocycles. The lowest BCUT2D eigenvalue weighted by atomic mass is 10.2. The summed E-state index contributed by atoms with van der Waals surface area (Å²) in [5.41, 5.74) is 0.617. The van der Waals surface area contributed by atoms with E-state index in [4.69, 9.17) is 13.9 Å². The molecule has 0 saturated carbocycles. The molecule has 0 unspecified atom stereocenters. The minimum atomic E-state index is -0.496. The van der Waals surface area contributed by atoms with Crippen molar-refractivity contribution in [1.29, 1.82) is 0 Å². The molecule has 0 atom stereocenters. The van der Waals surface area contributed by atoms with Crippen LogP contribution in [0.4, 0.5) is 11.4 Å². The molecule has 0 N–H and O–H groups in total. The van der Waals surface area contributed by atoms with Crippen LogP contribution >= 0.6 is 0 Å². The van der Waals surface area contributed by atoms with Crippen molar-refractivity contribution >= 4 is 17.3 Å². The number of rotatable bonds is 8. The number of carbonyl (C=O) groups excluding carboxylic acids is 1. The van der Waals surface area contributed by atoms with E-state index < -0.39 is 4.92 Å². The normalized spacial score (nSPS) is 10.3. The summed E-state index contributed by atoms with van der Waals surface area (Å²) >= 11 is 0. The van der Waals surface area contributed by atoms with Gasteiger partial charge in [-0.05, 0) is 48.5 Å². The van der Waals surface area contributed by atoms with E-state index in [1.165, 1.54) is 29.2 Å². The number of benzene rings is 2. The van der Waals surface area contributed by atoms with E-state index in [1.54, 1.807) is 49.8 Å². The Morgan fingerprint density at radius 3 is 2.32 bits per heavy atom. The fourth-order valence-corrected chi connectivity index (χ4v) is 2.53. The summed E-state index contributed by atoms with van der Waals surface area (Å²) in [6.07, 6.45) is 1.54. The van der Waals surface area contributed by atoms with Crippen LogP contribution in [0.2, 0.25) is 0 Å². The van der Waals surface area contributed by atoms with Gasteiger partial charge >= 0.3 is 0 Å². The molecule has 3 aromatic rings. The molecule has 1 amide bonds. The van der Waals surface area contributed by atoms with Crippen LogP contribution in [0.15, 0.2) is 71.3 Å². The van der Waals surface area contributed by atoms with Crippen molar-refractivity contribution in [2.24, 2.45) is 0 Å². The summed E-state index contributed by atoms with van der Waals surface area (Å²) < 4.78 is 16.0. The number of nitrogens with zero attached hydrogens (tertiary/aromatic N) is 2. The van der Waals surface area contributed by atoms with Gasteiger partial charge in [-0.1, -0.05) is 0 Å². The summed E-state index contributed by atoms with van der Waals surface area (Å²) in [5.74, 6) is 1.38. The number of anilines is 1. The molecule has 0 aliphatic heterocycles. The molecular formula is C20H18N2O6. The first-order valence-corrected chi connectivity index (χ1v) is 8.41. The van der Waals surface area contributed by atoms with Gasteiger partial charge in [0.1, 0.15) is 17.3 Å². The monoisotopic (exact) mass is 382 g/mol. The Morgan fingerprint density at radius 1 is 1.07 bits per heavy atom. The number of amides is 1. The predicted molar refractivity (Wildman–Crippen MR) is 101 cm³/mol. The zero-order valence-electron chi connectivity index (χ0n) is 15.1. The summed E-state index contributed by atoms with van der Waals surface area (Å²) in [7, 11) is 1.57. The molecule has 1 heterocycles. The predicted octanol–water partition coefficient (Wildman–Crippen LogP) is 3.81. The van der Waals surface area contributed by atoms with Gasteiger partial charge in [-0.15, -0.1) is 0 Å². The molecule has 0 radical (unpaired) electrons. The van der Waals surface area contributed by atoms with Crippen LogP contribution in [0.3, 0.4) is 0 Å². The Hall–Kier alpha value is -3.81. The van der Waals surface area contributed by atoms with Gasteiger partial charge in [-0.3, -0.25) is 14.9 Å². The zero-order valence-corrected chi connectivity index (χ0v) is 15.1. The smallest absolute Gasteiger partial charge is 0.269 e. The van der Waals surface area contributed by atoms with Crippen molar-refractivity contribution in [3.05, 3.63) is 82.8 Å². The van der Waals surface area contributed by atoms with Crippen LogP contribution < -0.4 is 14.4 Å². The number of non-ortho nitro benzene ring substituents is 1. The standard InChI is InChI=1S/C20H18N2O6/c1-26-17-8-4-15(5-9-17)21(13-19-3-2-12-27-19)20(23)14-28-18-10-6-16(7-11-18)22(24)25/h2-12H,13-14H2,1H3. The lowest BCUT2D eigenvalue weighted by molar-refractivity contribution is -0.384. The molecule has 3 rings (SSSR count). The van der Waals surface area contributed by atoms with E-state index >= 15 is 0 Å². The fraction of sp³-hybridized carbons (Fsp3) is 0.150. The third-order valence-corrected chi connectivity index (χ3v) is 3.99. The molecule has 2 aromatic carbocycles. The number of nitro groups is 1. The first-order chi connectivity index (χ1) is 13.6. The lowest BCUT2D eigenvalue weighted by Crippen LogP contribution is -2.34. The topological polar surface area (TPSA) is 95.0 Å². The number of hydrogen-bond acceptors (Lipinski definition) is 6. The number of ether oxygens (including phenoxy) is 2. The first-order valence-electron chi connectivity index (χ1n) is 8.41. The molecule has 0 bridgehead atoms. The fourth-order valence-electron chi connectivity index (χ4n) is 2.53. The molecular weight excluding hydrogens is 364 g/mol. The highest BCUT2D eigenvalue weighted by atomic mass is 16.6. The van der Waals surface area contributed by atoms with Crippen LogP contribution in [-0.4, -0.2) is 24.5 Å². The van der Waals surface area contributed by atoms with Crippen LogP contribution in [0.25, 0.3) is 0 Å². The van der Waals surface area contributed by atoms with Crippen LogP contribution in [-0.2, 0) is 11.3 Å². The van der Waals surface area contributed by atoms with E-state index in [-0.39, 0.29) is 24.7 Å². The van der Waals surface area contributed by atoms with E-state index in [2.05, 4.69) is 0 Å². The maximum Gasteiger partial charge on any atom is 0.269 e. The highest BCUT2D eigenvalue weighted by Gasteiger charge is 2.18. The molecule has 8 heteroatoms. The van der Waals surface area contributed by atoms with Crippen molar-refractivity contribution < 1.29 is 23.6 Å². The van der Waals surface area contributed by atoms with Gasteiger partial charge < -0.3 is 18.8 Å². The van der Waals surface area contributed by atoms with Crippen molar-refractivity contribution in [1.82, 2.24) is 0 Å². The van der Waals surface area contributed by atoms with E-state index in [9.17, 15) is 14.9 Å². The van der Waals surface area contributed by atoms with Crippen LogP contribution in [0.1, 0.15) is 5.76 Å². The summed E-state index contributed by atoms with van der Waals surface area (Å²) in [5, 5.41) is 10.7. The quantitative estimate of drug-likeness (QED) is 0.434. The molecule has 0 spiro atoms. The summed E-state index contributed by atoms with van der Waals surface area (Å²) in [4.78, 5) is 24.5. The summed E-state index contributed by atoms with van der Waals surface area (Å²) in [6.45, 7) is 0.00628. The van der Waals surface area contributed by atoms with Gasteiger partial charge in [0.2, 0.25) is 0 Å². The number of nitro benzene ring substituents is 1. The van der Waals surface area contributed by atoms with Crippen molar-refractivity contribution in [2.45, 2.75) is 6.54 Å². The maximum atomic E-state index is 12.8. The third-order valence-electron chi connectivity index (χ3n) is 3.99. The largest absolute Gasteiger partial charge is 0.497 e. The lowest BCUT2D eigenvalue weighted by Gasteiger charge is -2.22. The average Bonchev–Trinajstić information content (AvgIpc) is 3.24. The Kier molecular flexibility index (Phi) is 5.91. The van der Waals surface area contributed by atoms with Gasteiger partial charge in [-0.2, -0.15) is 0 Å². The van der Waals surface area contributed by atoms with Gasteiger partial charge in [-0.25, -0.2) is 0 Å². The van der Waals surface area contributed by atoms with Crippen molar-refractivity contribution in [3.63, 3.8) is 0 Å². The molecule has 144 valence electrons. The highest BCUT2D eigenvalue weighted by Crippen LogP contribution is 2.22. The number of hydrogen-bond donors (Lipinski definition) is 0. The number of furan rings is 1. The second-order valence-electron chi connectivity index (χ2n) is 5.80. The van der Waals surface area contributed by atoms with Gasteiger partial charge in [0.25, 0.3) is 11.6 Å². The van der Waals surface area contributed by atoms with Gasteiger partial charge in [0.15, 0.2) is 6.61 Å². The SMILES string of the molecule is COc1ccc(N(Cc2ccco2)C(=O)COc2ccc([N+](=O)[O-])cc2)cc1. The maximum absolute atomic E-state index is 12.8. The number of carbonyl (C=O) groups is 1. The first kappa shape index (κ1) is 19.0. The third kappa shape index (κ3) is 4.67. The highest BCUT2D eigenvalue weighted by molar-refractivity contribution is 5.94. The summed E-state index contributed by atoms with van der Waals surface area (Å²) in [6, 6.07) is 16.1. The molecule has 0 aliphatic carbocycles. The Balaban J connectivity index is 1.72. The van der Waals surface area contributed by atoms with Gasteiger partial charge in [0, 0.05) is 17.8 Å². The van der Waals surface area contributed by atoms with E-state index in [1.807, 2.05) is 0 Å². The molecule has 28 heavy (non-hydrogen) atoms. The molecule has 0 fully saturated rings. The number of methoxy groups -OCH3 is 1. The second kappa shape index (κ2) is 8.72.